The van der Waals surface area contributed by atoms with Crippen molar-refractivity contribution < 1.29 is 9.53 Å². The van der Waals surface area contributed by atoms with Gasteiger partial charge in [-0.05, 0) is 51.4 Å². The quantitative estimate of drug-likeness (QED) is 0.836. The van der Waals surface area contributed by atoms with Gasteiger partial charge < -0.3 is 10.1 Å². The number of fused-ring (bicyclic) bond motifs is 1. The molecule has 0 amide bonds. The molecule has 0 aromatic rings. The van der Waals surface area contributed by atoms with Crippen LogP contribution in [0.2, 0.25) is 0 Å². The molecular weight excluding hydrogens is 226 g/mol. The molecule has 2 saturated carbocycles. The molecule has 0 radical (unpaired) electrons. The Balaban J connectivity index is 1.62. The molecular formula is C15H25NO2. The van der Waals surface area contributed by atoms with Gasteiger partial charge in [-0.3, -0.25) is 4.79 Å². The second kappa shape index (κ2) is 4.93. The maximum Gasteiger partial charge on any atom is 0.136 e. The van der Waals surface area contributed by atoms with Crippen LogP contribution in [-0.4, -0.2) is 31.1 Å². The summed E-state index contributed by atoms with van der Waals surface area (Å²) in [6, 6.07) is 1.19. The zero-order valence-corrected chi connectivity index (χ0v) is 11.4. The summed E-state index contributed by atoms with van der Waals surface area (Å²) >= 11 is 0. The van der Waals surface area contributed by atoms with Gasteiger partial charge >= 0.3 is 0 Å². The lowest BCUT2D eigenvalue weighted by Gasteiger charge is -2.28. The summed E-state index contributed by atoms with van der Waals surface area (Å²) < 4.78 is 5.40. The molecule has 18 heavy (non-hydrogen) atoms. The van der Waals surface area contributed by atoms with E-state index in [9.17, 15) is 4.79 Å². The average Bonchev–Trinajstić information content (AvgIpc) is 2.87. The molecule has 3 aliphatic rings. The minimum atomic E-state index is 0.0445. The molecule has 1 aliphatic heterocycles. The first-order chi connectivity index (χ1) is 8.71. The summed E-state index contributed by atoms with van der Waals surface area (Å²) in [5.74, 6) is 1.11. The fourth-order valence-corrected chi connectivity index (χ4v) is 4.55. The fourth-order valence-electron chi connectivity index (χ4n) is 4.55. The molecule has 1 saturated heterocycles. The number of hydrogen-bond acceptors (Lipinski definition) is 3. The molecule has 3 rings (SSSR count). The number of ketones is 1. The van der Waals surface area contributed by atoms with Crippen LogP contribution in [-0.2, 0) is 9.53 Å². The Morgan fingerprint density at radius 2 is 2.00 bits per heavy atom. The summed E-state index contributed by atoms with van der Waals surface area (Å²) in [5.41, 5.74) is 0.0445. The third kappa shape index (κ3) is 2.12. The number of Topliss-reactive ketones (excluding diaryl/α,β-unsaturated/α-hetero) is 1. The van der Waals surface area contributed by atoms with Crippen LogP contribution in [0.15, 0.2) is 0 Å². The maximum atomic E-state index is 12.0. The Morgan fingerprint density at radius 3 is 2.67 bits per heavy atom. The molecule has 1 N–H and O–H groups in total. The first-order valence-electron chi connectivity index (χ1n) is 7.55. The van der Waals surface area contributed by atoms with E-state index in [-0.39, 0.29) is 5.41 Å². The Morgan fingerprint density at radius 1 is 1.22 bits per heavy atom. The lowest BCUT2D eigenvalue weighted by atomic mass is 9.77. The van der Waals surface area contributed by atoms with Gasteiger partial charge in [0, 0.05) is 30.7 Å². The predicted molar refractivity (Wildman–Crippen MR) is 70.5 cm³/mol. The number of rotatable bonds is 3. The summed E-state index contributed by atoms with van der Waals surface area (Å²) in [5, 5.41) is 3.79. The molecule has 1 heterocycles. The van der Waals surface area contributed by atoms with Crippen LogP contribution >= 0.6 is 0 Å². The van der Waals surface area contributed by atoms with Gasteiger partial charge in [-0.2, -0.15) is 0 Å². The molecule has 0 aromatic carbocycles. The van der Waals surface area contributed by atoms with Gasteiger partial charge in [0.1, 0.15) is 5.78 Å². The van der Waals surface area contributed by atoms with Gasteiger partial charge in [-0.1, -0.05) is 6.42 Å². The Labute approximate surface area is 110 Å². The highest BCUT2D eigenvalue weighted by molar-refractivity contribution is 5.83. The molecule has 0 bridgehead atoms. The molecule has 3 nitrogen and oxygen atoms in total. The standard InChI is InChI=1S/C15H25NO2/c1-11(17)15-6-2-3-12(15)9-14(10-15)16-13-4-7-18-8-5-13/h12-14,16H,2-10H2,1H3. The van der Waals surface area contributed by atoms with Crippen molar-refractivity contribution in [1.82, 2.24) is 5.32 Å². The van der Waals surface area contributed by atoms with E-state index in [2.05, 4.69) is 5.32 Å². The molecule has 0 spiro atoms. The number of carbonyl (C=O) groups is 1. The average molecular weight is 251 g/mol. The Hall–Kier alpha value is -0.410. The van der Waals surface area contributed by atoms with E-state index in [1.165, 1.54) is 19.3 Å². The summed E-state index contributed by atoms with van der Waals surface area (Å²) in [6.07, 6.45) is 8.24. The van der Waals surface area contributed by atoms with Gasteiger partial charge in [0.05, 0.1) is 0 Å². The predicted octanol–water partition coefficient (Wildman–Crippen LogP) is 2.29. The Kier molecular flexibility index (Phi) is 3.46. The topological polar surface area (TPSA) is 38.3 Å². The van der Waals surface area contributed by atoms with Crippen LogP contribution < -0.4 is 5.32 Å². The molecule has 102 valence electrons. The van der Waals surface area contributed by atoms with Gasteiger partial charge in [-0.15, -0.1) is 0 Å². The van der Waals surface area contributed by atoms with E-state index in [4.69, 9.17) is 4.74 Å². The first-order valence-corrected chi connectivity index (χ1v) is 7.55. The van der Waals surface area contributed by atoms with Crippen molar-refractivity contribution in [2.45, 2.75) is 64.0 Å². The highest BCUT2D eigenvalue weighted by Gasteiger charge is 2.52. The Bertz CT molecular complexity index is 324. The lowest BCUT2D eigenvalue weighted by molar-refractivity contribution is -0.127. The summed E-state index contributed by atoms with van der Waals surface area (Å²) in [7, 11) is 0. The molecule has 2 aliphatic carbocycles. The number of carbonyl (C=O) groups excluding carboxylic acids is 1. The minimum absolute atomic E-state index is 0.0445. The summed E-state index contributed by atoms with van der Waals surface area (Å²) in [6.45, 7) is 3.60. The van der Waals surface area contributed by atoms with Crippen LogP contribution in [0.1, 0.15) is 51.9 Å². The van der Waals surface area contributed by atoms with Crippen molar-refractivity contribution in [1.29, 1.82) is 0 Å². The minimum Gasteiger partial charge on any atom is -0.381 e. The van der Waals surface area contributed by atoms with Gasteiger partial charge in [0.15, 0.2) is 0 Å². The van der Waals surface area contributed by atoms with E-state index in [0.29, 0.717) is 23.8 Å². The fraction of sp³-hybridized carbons (Fsp3) is 0.933. The van der Waals surface area contributed by atoms with Crippen molar-refractivity contribution in [3.05, 3.63) is 0 Å². The van der Waals surface area contributed by atoms with Crippen LogP contribution in [0.3, 0.4) is 0 Å². The normalized spacial score (nSPS) is 40.9. The van der Waals surface area contributed by atoms with E-state index >= 15 is 0 Å². The van der Waals surface area contributed by atoms with Gasteiger partial charge in [0.2, 0.25) is 0 Å². The molecule has 0 aromatic heterocycles. The molecule has 3 fully saturated rings. The molecule has 3 unspecified atom stereocenters. The molecule has 3 heteroatoms. The summed E-state index contributed by atoms with van der Waals surface area (Å²) in [4.78, 5) is 12.0. The third-order valence-corrected chi connectivity index (χ3v) is 5.53. The second-order valence-electron chi connectivity index (χ2n) is 6.49. The van der Waals surface area contributed by atoms with Crippen molar-refractivity contribution in [2.75, 3.05) is 13.2 Å². The van der Waals surface area contributed by atoms with E-state index < -0.39 is 0 Å². The zero-order chi connectivity index (χ0) is 12.6. The monoisotopic (exact) mass is 251 g/mol. The van der Waals surface area contributed by atoms with E-state index in [0.717, 1.165) is 38.9 Å². The van der Waals surface area contributed by atoms with Crippen LogP contribution in [0.25, 0.3) is 0 Å². The molecule has 3 atom stereocenters. The van der Waals surface area contributed by atoms with Crippen molar-refractivity contribution in [3.8, 4) is 0 Å². The first kappa shape index (κ1) is 12.6. The highest BCUT2D eigenvalue weighted by Crippen LogP contribution is 2.54. The van der Waals surface area contributed by atoms with Crippen molar-refractivity contribution >= 4 is 5.78 Å². The van der Waals surface area contributed by atoms with E-state index in [1.807, 2.05) is 6.92 Å². The number of ether oxygens (including phenoxy) is 1. The van der Waals surface area contributed by atoms with Gasteiger partial charge in [-0.25, -0.2) is 0 Å². The second-order valence-corrected chi connectivity index (χ2v) is 6.49. The van der Waals surface area contributed by atoms with Gasteiger partial charge in [0.25, 0.3) is 0 Å². The number of hydrogen-bond donors (Lipinski definition) is 1. The maximum absolute atomic E-state index is 12.0. The van der Waals surface area contributed by atoms with E-state index in [1.54, 1.807) is 0 Å². The SMILES string of the molecule is CC(=O)C12CCCC1CC(NC1CCOCC1)C2. The third-order valence-electron chi connectivity index (χ3n) is 5.53. The van der Waals surface area contributed by atoms with Crippen molar-refractivity contribution in [2.24, 2.45) is 11.3 Å². The van der Waals surface area contributed by atoms with Crippen molar-refractivity contribution in [3.63, 3.8) is 0 Å². The smallest absolute Gasteiger partial charge is 0.136 e. The van der Waals surface area contributed by atoms with Crippen LogP contribution in [0, 0.1) is 11.3 Å². The largest absolute Gasteiger partial charge is 0.381 e. The zero-order valence-electron chi connectivity index (χ0n) is 11.4. The number of nitrogens with one attached hydrogen (secondary N) is 1. The van der Waals surface area contributed by atoms with Crippen LogP contribution in [0.5, 0.6) is 0 Å². The van der Waals surface area contributed by atoms with Crippen LogP contribution in [0.4, 0.5) is 0 Å². The lowest BCUT2D eigenvalue weighted by Crippen LogP contribution is -2.41. The highest BCUT2D eigenvalue weighted by atomic mass is 16.5.